The zero-order valence-corrected chi connectivity index (χ0v) is 14.8. The smallest absolute Gasteiger partial charge is 0.119 e. The lowest BCUT2D eigenvalue weighted by atomic mass is 9.73. The SMILES string of the molecule is C=CCOC1CC2(CCN(CC3CC3)CC2)c2cc(OC)ccc21. The average molecular weight is 327 g/mol. The van der Waals surface area contributed by atoms with Crippen LogP contribution in [-0.2, 0) is 10.2 Å². The first-order chi connectivity index (χ1) is 11.7. The van der Waals surface area contributed by atoms with E-state index in [1.54, 1.807) is 7.11 Å². The molecule has 0 amide bonds. The first-order valence-electron chi connectivity index (χ1n) is 9.37. The van der Waals surface area contributed by atoms with Crippen molar-refractivity contribution in [2.45, 2.75) is 43.6 Å². The van der Waals surface area contributed by atoms with E-state index in [4.69, 9.17) is 9.47 Å². The Labute approximate surface area is 145 Å². The maximum atomic E-state index is 6.11. The molecule has 1 heterocycles. The van der Waals surface area contributed by atoms with Crippen LogP contribution in [0.4, 0.5) is 0 Å². The van der Waals surface area contributed by atoms with Gasteiger partial charge in [0.05, 0.1) is 19.8 Å². The Morgan fingerprint density at radius 1 is 1.29 bits per heavy atom. The van der Waals surface area contributed by atoms with Gasteiger partial charge in [0.1, 0.15) is 5.75 Å². The number of likely N-dealkylation sites (tertiary alicyclic amines) is 1. The minimum atomic E-state index is 0.207. The molecule has 3 heteroatoms. The zero-order chi connectivity index (χ0) is 16.6. The largest absolute Gasteiger partial charge is 0.497 e. The second-order valence-electron chi connectivity index (χ2n) is 7.79. The standard InChI is InChI=1S/C21H29NO2/c1-3-12-24-20-14-21(19-13-17(23-2)6-7-18(19)20)8-10-22(11-9-21)15-16-4-5-16/h3,6-7,13,16,20H,1,4-5,8-12,14-15H2,2H3. The molecule has 3 nitrogen and oxygen atoms in total. The van der Waals surface area contributed by atoms with Gasteiger partial charge in [-0.2, -0.15) is 0 Å². The molecular weight excluding hydrogens is 298 g/mol. The Bertz CT molecular complexity index is 600. The normalized spacial score (nSPS) is 25.6. The lowest BCUT2D eigenvalue weighted by Gasteiger charge is -2.40. The number of fused-ring (bicyclic) bond motifs is 2. The number of ether oxygens (including phenoxy) is 2. The molecule has 130 valence electrons. The molecule has 0 N–H and O–H groups in total. The van der Waals surface area contributed by atoms with Gasteiger partial charge in [-0.1, -0.05) is 12.1 Å². The van der Waals surface area contributed by atoms with E-state index in [-0.39, 0.29) is 11.5 Å². The van der Waals surface area contributed by atoms with Crippen LogP contribution in [0.1, 0.15) is 49.3 Å². The van der Waals surface area contributed by atoms with Crippen molar-refractivity contribution >= 4 is 0 Å². The molecule has 1 unspecified atom stereocenters. The van der Waals surface area contributed by atoms with Crippen molar-refractivity contribution in [3.8, 4) is 5.75 Å². The van der Waals surface area contributed by atoms with Gasteiger partial charge in [0, 0.05) is 12.0 Å². The number of hydrogen-bond donors (Lipinski definition) is 0. The van der Waals surface area contributed by atoms with Gasteiger partial charge in [0.15, 0.2) is 0 Å². The van der Waals surface area contributed by atoms with Crippen molar-refractivity contribution in [1.29, 1.82) is 0 Å². The number of rotatable bonds is 6. The number of benzene rings is 1. The highest BCUT2D eigenvalue weighted by Crippen LogP contribution is 2.53. The molecule has 1 atom stereocenters. The number of piperidine rings is 1. The molecule has 1 aromatic carbocycles. The predicted molar refractivity (Wildman–Crippen MR) is 96.6 cm³/mol. The third kappa shape index (κ3) is 3.00. The van der Waals surface area contributed by atoms with Crippen molar-refractivity contribution in [1.82, 2.24) is 4.90 Å². The van der Waals surface area contributed by atoms with Crippen LogP contribution in [0.3, 0.4) is 0 Å². The number of nitrogens with zero attached hydrogens (tertiary/aromatic N) is 1. The van der Waals surface area contributed by atoms with E-state index in [1.807, 2.05) is 6.08 Å². The Hall–Kier alpha value is -1.32. The van der Waals surface area contributed by atoms with Crippen LogP contribution in [0.2, 0.25) is 0 Å². The zero-order valence-electron chi connectivity index (χ0n) is 14.8. The van der Waals surface area contributed by atoms with Crippen LogP contribution < -0.4 is 4.74 Å². The monoisotopic (exact) mass is 327 g/mol. The summed E-state index contributed by atoms with van der Waals surface area (Å²) in [5.41, 5.74) is 3.12. The molecule has 0 bridgehead atoms. The van der Waals surface area contributed by atoms with E-state index in [0.29, 0.717) is 6.61 Å². The Balaban J connectivity index is 1.56. The summed E-state index contributed by atoms with van der Waals surface area (Å²) in [5, 5.41) is 0. The van der Waals surface area contributed by atoms with Crippen LogP contribution in [-0.4, -0.2) is 38.3 Å². The van der Waals surface area contributed by atoms with Crippen molar-refractivity contribution in [3.05, 3.63) is 42.0 Å². The summed E-state index contributed by atoms with van der Waals surface area (Å²) >= 11 is 0. The lowest BCUT2D eigenvalue weighted by Crippen LogP contribution is -2.42. The summed E-state index contributed by atoms with van der Waals surface area (Å²) in [6.45, 7) is 8.19. The summed E-state index contributed by atoms with van der Waals surface area (Å²) in [4.78, 5) is 2.68. The third-order valence-electron chi connectivity index (χ3n) is 6.20. The molecule has 24 heavy (non-hydrogen) atoms. The lowest BCUT2D eigenvalue weighted by molar-refractivity contribution is 0.0487. The second kappa shape index (κ2) is 6.53. The fourth-order valence-electron chi connectivity index (χ4n) is 4.61. The van der Waals surface area contributed by atoms with Crippen LogP contribution in [0, 0.1) is 5.92 Å². The van der Waals surface area contributed by atoms with Gasteiger partial charge in [-0.25, -0.2) is 0 Å². The molecule has 1 saturated carbocycles. The van der Waals surface area contributed by atoms with E-state index in [0.717, 1.165) is 18.1 Å². The molecule has 1 saturated heterocycles. The van der Waals surface area contributed by atoms with Crippen LogP contribution in [0.15, 0.2) is 30.9 Å². The predicted octanol–water partition coefficient (Wildman–Crippen LogP) is 4.09. The van der Waals surface area contributed by atoms with Gasteiger partial charge in [-0.15, -0.1) is 6.58 Å². The van der Waals surface area contributed by atoms with Crippen molar-refractivity contribution in [2.24, 2.45) is 5.92 Å². The van der Waals surface area contributed by atoms with Gasteiger partial charge in [-0.05, 0) is 74.4 Å². The molecule has 2 fully saturated rings. The highest BCUT2D eigenvalue weighted by atomic mass is 16.5. The molecule has 1 aliphatic heterocycles. The topological polar surface area (TPSA) is 21.7 Å². The first-order valence-corrected chi connectivity index (χ1v) is 9.37. The van der Waals surface area contributed by atoms with Gasteiger partial charge < -0.3 is 14.4 Å². The summed E-state index contributed by atoms with van der Waals surface area (Å²) < 4.78 is 11.6. The van der Waals surface area contributed by atoms with E-state index >= 15 is 0 Å². The van der Waals surface area contributed by atoms with Crippen LogP contribution in [0.5, 0.6) is 5.75 Å². The van der Waals surface area contributed by atoms with Gasteiger partial charge in [0.2, 0.25) is 0 Å². The molecule has 2 aliphatic carbocycles. The third-order valence-corrected chi connectivity index (χ3v) is 6.20. The van der Waals surface area contributed by atoms with Gasteiger partial charge >= 0.3 is 0 Å². The maximum Gasteiger partial charge on any atom is 0.119 e. The number of methoxy groups -OCH3 is 1. The molecule has 0 aromatic heterocycles. The highest BCUT2D eigenvalue weighted by Gasteiger charge is 2.46. The molecule has 1 spiro atoms. The van der Waals surface area contributed by atoms with E-state index < -0.39 is 0 Å². The highest BCUT2D eigenvalue weighted by molar-refractivity contribution is 5.46. The summed E-state index contributed by atoms with van der Waals surface area (Å²) in [6, 6.07) is 6.56. The molecular formula is C21H29NO2. The minimum Gasteiger partial charge on any atom is -0.497 e. The summed E-state index contributed by atoms with van der Waals surface area (Å²) in [6.07, 6.45) is 8.55. The van der Waals surface area contributed by atoms with E-state index in [9.17, 15) is 0 Å². The first kappa shape index (κ1) is 16.2. The molecule has 0 radical (unpaired) electrons. The van der Waals surface area contributed by atoms with E-state index in [1.165, 1.54) is 56.4 Å². The Morgan fingerprint density at radius 2 is 2.08 bits per heavy atom. The Kier molecular flexibility index (Phi) is 4.40. The van der Waals surface area contributed by atoms with Crippen molar-refractivity contribution in [2.75, 3.05) is 33.4 Å². The average Bonchev–Trinajstić information content (AvgIpc) is 3.39. The summed E-state index contributed by atoms with van der Waals surface area (Å²) in [7, 11) is 1.76. The molecule has 4 rings (SSSR count). The van der Waals surface area contributed by atoms with E-state index in [2.05, 4.69) is 29.7 Å². The minimum absolute atomic E-state index is 0.207. The van der Waals surface area contributed by atoms with Gasteiger partial charge in [0.25, 0.3) is 0 Å². The molecule has 3 aliphatic rings. The van der Waals surface area contributed by atoms with Crippen molar-refractivity contribution in [3.63, 3.8) is 0 Å². The van der Waals surface area contributed by atoms with Gasteiger partial charge in [-0.3, -0.25) is 0 Å². The van der Waals surface area contributed by atoms with Crippen molar-refractivity contribution < 1.29 is 9.47 Å². The fraction of sp³-hybridized carbons (Fsp3) is 0.619. The van der Waals surface area contributed by atoms with Crippen LogP contribution in [0.25, 0.3) is 0 Å². The number of hydrogen-bond acceptors (Lipinski definition) is 3. The quantitative estimate of drug-likeness (QED) is 0.735. The fourth-order valence-corrected chi connectivity index (χ4v) is 4.61. The second-order valence-corrected chi connectivity index (χ2v) is 7.79. The Morgan fingerprint density at radius 3 is 2.75 bits per heavy atom. The maximum absolute atomic E-state index is 6.11. The molecule has 1 aromatic rings. The summed E-state index contributed by atoms with van der Waals surface area (Å²) in [5.74, 6) is 1.96. The van der Waals surface area contributed by atoms with Crippen LogP contribution >= 0.6 is 0 Å².